The third-order valence-corrected chi connectivity index (χ3v) is 3.38. The van der Waals surface area contributed by atoms with Crippen molar-refractivity contribution < 1.29 is 9.15 Å². The molecule has 1 aromatic heterocycles. The quantitative estimate of drug-likeness (QED) is 0.720. The van der Waals surface area contributed by atoms with Crippen LogP contribution >= 0.6 is 11.6 Å². The van der Waals surface area contributed by atoms with Gasteiger partial charge in [-0.05, 0) is 42.8 Å². The Hall–Kier alpha value is -2.33. The first kappa shape index (κ1) is 14.6. The highest BCUT2D eigenvalue weighted by molar-refractivity contribution is 6.31. The Morgan fingerprint density at radius 3 is 2.91 bits per heavy atom. The molecule has 3 rings (SSSR count). The number of ether oxygens (including phenoxy) is 1. The van der Waals surface area contributed by atoms with Gasteiger partial charge < -0.3 is 9.15 Å². The summed E-state index contributed by atoms with van der Waals surface area (Å²) in [6.45, 7) is 2.67. The molecule has 0 saturated carbocycles. The van der Waals surface area contributed by atoms with Gasteiger partial charge in [0.2, 0.25) is 5.89 Å². The second kappa shape index (κ2) is 6.20. The molecule has 0 N–H and O–H groups in total. The van der Waals surface area contributed by atoms with Crippen LogP contribution in [0.3, 0.4) is 0 Å². The van der Waals surface area contributed by atoms with Crippen LogP contribution in [0.25, 0.3) is 22.4 Å². The molecular formula is C17H14ClNO3. The third kappa shape index (κ3) is 2.97. The van der Waals surface area contributed by atoms with E-state index in [1.54, 1.807) is 24.3 Å². The van der Waals surface area contributed by atoms with Gasteiger partial charge in [0.05, 0.1) is 17.5 Å². The first-order valence-corrected chi connectivity index (χ1v) is 7.39. The number of hydrogen-bond acceptors (Lipinski definition) is 4. The van der Waals surface area contributed by atoms with E-state index in [1.165, 1.54) is 0 Å². The predicted molar refractivity (Wildman–Crippen MR) is 86.5 cm³/mol. The van der Waals surface area contributed by atoms with E-state index in [0.29, 0.717) is 28.1 Å². The standard InChI is InChI=1S/C17H14ClNO3/c1-2-8-21-13-5-3-4-11(9-13)16-19-15-10-12(18)6-7-14(15)17(20)22-16/h3-7,9-10H,2,8H2,1H3. The lowest BCUT2D eigenvalue weighted by Gasteiger charge is -2.06. The van der Waals surface area contributed by atoms with Crippen LogP contribution in [0.5, 0.6) is 5.75 Å². The zero-order valence-corrected chi connectivity index (χ0v) is 12.8. The summed E-state index contributed by atoms with van der Waals surface area (Å²) in [5.74, 6) is 0.969. The van der Waals surface area contributed by atoms with E-state index in [4.69, 9.17) is 20.8 Å². The van der Waals surface area contributed by atoms with Crippen LogP contribution in [0.2, 0.25) is 5.02 Å². The van der Waals surface area contributed by atoms with E-state index < -0.39 is 5.63 Å². The molecule has 0 atom stereocenters. The molecule has 0 amide bonds. The van der Waals surface area contributed by atoms with Crippen LogP contribution in [0.15, 0.2) is 51.7 Å². The van der Waals surface area contributed by atoms with E-state index >= 15 is 0 Å². The van der Waals surface area contributed by atoms with Crippen molar-refractivity contribution >= 4 is 22.5 Å². The number of halogens is 1. The van der Waals surface area contributed by atoms with E-state index in [1.807, 2.05) is 25.1 Å². The smallest absolute Gasteiger partial charge is 0.347 e. The van der Waals surface area contributed by atoms with Gasteiger partial charge in [-0.2, -0.15) is 0 Å². The Labute approximate surface area is 132 Å². The minimum atomic E-state index is -0.434. The Bertz CT molecular complexity index is 873. The second-order valence-electron chi connectivity index (χ2n) is 4.84. The SMILES string of the molecule is CCCOc1cccc(-c2nc3cc(Cl)ccc3c(=O)o2)c1. The summed E-state index contributed by atoms with van der Waals surface area (Å²) in [6.07, 6.45) is 0.923. The Balaban J connectivity index is 2.08. The maximum absolute atomic E-state index is 12.1. The summed E-state index contributed by atoms with van der Waals surface area (Å²) in [5, 5.41) is 0.933. The molecule has 112 valence electrons. The van der Waals surface area contributed by atoms with Crippen LogP contribution in [0.4, 0.5) is 0 Å². The topological polar surface area (TPSA) is 52.3 Å². The molecule has 3 aromatic rings. The van der Waals surface area contributed by atoms with Gasteiger partial charge in [-0.15, -0.1) is 0 Å². The van der Waals surface area contributed by atoms with Gasteiger partial charge in [0, 0.05) is 10.6 Å². The molecule has 4 nitrogen and oxygen atoms in total. The monoisotopic (exact) mass is 315 g/mol. The lowest BCUT2D eigenvalue weighted by molar-refractivity contribution is 0.317. The van der Waals surface area contributed by atoms with E-state index in [9.17, 15) is 4.79 Å². The van der Waals surface area contributed by atoms with Gasteiger partial charge in [0.15, 0.2) is 0 Å². The molecule has 0 aliphatic rings. The number of rotatable bonds is 4. The Kier molecular flexibility index (Phi) is 4.11. The third-order valence-electron chi connectivity index (χ3n) is 3.14. The van der Waals surface area contributed by atoms with Gasteiger partial charge in [-0.25, -0.2) is 9.78 Å². The lowest BCUT2D eigenvalue weighted by Crippen LogP contribution is -2.03. The van der Waals surface area contributed by atoms with Crippen molar-refractivity contribution in [2.24, 2.45) is 0 Å². The molecule has 0 aliphatic heterocycles. The molecule has 0 fully saturated rings. The molecule has 0 bridgehead atoms. The molecule has 0 aliphatic carbocycles. The summed E-state index contributed by atoms with van der Waals surface area (Å²) in [6, 6.07) is 12.2. The predicted octanol–water partition coefficient (Wildman–Crippen LogP) is 4.30. The van der Waals surface area contributed by atoms with E-state index in [0.717, 1.165) is 12.2 Å². The fourth-order valence-electron chi connectivity index (χ4n) is 2.11. The van der Waals surface area contributed by atoms with Crippen LogP contribution in [-0.4, -0.2) is 11.6 Å². The average molecular weight is 316 g/mol. The van der Waals surface area contributed by atoms with Crippen LogP contribution in [0, 0.1) is 0 Å². The van der Waals surface area contributed by atoms with Crippen LogP contribution in [-0.2, 0) is 0 Å². The molecule has 0 saturated heterocycles. The molecular weight excluding hydrogens is 302 g/mol. The molecule has 2 aromatic carbocycles. The molecule has 5 heteroatoms. The average Bonchev–Trinajstić information content (AvgIpc) is 2.52. The van der Waals surface area contributed by atoms with Crippen molar-refractivity contribution in [1.29, 1.82) is 0 Å². The Morgan fingerprint density at radius 2 is 2.09 bits per heavy atom. The molecule has 22 heavy (non-hydrogen) atoms. The summed E-state index contributed by atoms with van der Waals surface area (Å²) in [7, 11) is 0. The van der Waals surface area contributed by atoms with Gasteiger partial charge >= 0.3 is 5.63 Å². The number of nitrogens with zero attached hydrogens (tertiary/aromatic N) is 1. The van der Waals surface area contributed by atoms with Crippen molar-refractivity contribution in [3.05, 3.63) is 57.9 Å². The normalized spacial score (nSPS) is 10.8. The Morgan fingerprint density at radius 1 is 1.23 bits per heavy atom. The molecule has 0 spiro atoms. The first-order chi connectivity index (χ1) is 10.7. The molecule has 0 unspecified atom stereocenters. The van der Waals surface area contributed by atoms with Crippen molar-refractivity contribution in [3.8, 4) is 17.2 Å². The summed E-state index contributed by atoms with van der Waals surface area (Å²) in [4.78, 5) is 16.4. The van der Waals surface area contributed by atoms with Crippen molar-refractivity contribution in [2.45, 2.75) is 13.3 Å². The zero-order chi connectivity index (χ0) is 15.5. The van der Waals surface area contributed by atoms with Crippen molar-refractivity contribution in [3.63, 3.8) is 0 Å². The second-order valence-corrected chi connectivity index (χ2v) is 5.28. The minimum Gasteiger partial charge on any atom is -0.494 e. The van der Waals surface area contributed by atoms with Gasteiger partial charge in [-0.3, -0.25) is 0 Å². The number of benzene rings is 2. The summed E-state index contributed by atoms with van der Waals surface area (Å²) < 4.78 is 10.9. The zero-order valence-electron chi connectivity index (χ0n) is 12.0. The van der Waals surface area contributed by atoms with Gasteiger partial charge in [0.1, 0.15) is 5.75 Å². The molecule has 0 radical (unpaired) electrons. The maximum atomic E-state index is 12.1. The van der Waals surface area contributed by atoms with Gasteiger partial charge in [-0.1, -0.05) is 24.6 Å². The number of aromatic nitrogens is 1. The fraction of sp³-hybridized carbons (Fsp3) is 0.176. The lowest BCUT2D eigenvalue weighted by atomic mass is 10.2. The summed E-state index contributed by atoms with van der Waals surface area (Å²) >= 11 is 5.96. The summed E-state index contributed by atoms with van der Waals surface area (Å²) in [5.41, 5.74) is 0.766. The highest BCUT2D eigenvalue weighted by Gasteiger charge is 2.09. The minimum absolute atomic E-state index is 0.252. The number of fused-ring (bicyclic) bond motifs is 1. The number of hydrogen-bond donors (Lipinski definition) is 0. The van der Waals surface area contributed by atoms with Crippen LogP contribution in [0.1, 0.15) is 13.3 Å². The highest BCUT2D eigenvalue weighted by Crippen LogP contribution is 2.24. The van der Waals surface area contributed by atoms with Crippen molar-refractivity contribution in [2.75, 3.05) is 6.61 Å². The largest absolute Gasteiger partial charge is 0.494 e. The van der Waals surface area contributed by atoms with Gasteiger partial charge in [0.25, 0.3) is 0 Å². The highest BCUT2D eigenvalue weighted by atomic mass is 35.5. The van der Waals surface area contributed by atoms with E-state index in [-0.39, 0.29) is 5.89 Å². The van der Waals surface area contributed by atoms with E-state index in [2.05, 4.69) is 4.98 Å². The van der Waals surface area contributed by atoms with Crippen LogP contribution < -0.4 is 10.4 Å². The fourth-order valence-corrected chi connectivity index (χ4v) is 2.27. The van der Waals surface area contributed by atoms with Crippen molar-refractivity contribution in [1.82, 2.24) is 4.98 Å². The maximum Gasteiger partial charge on any atom is 0.347 e. The first-order valence-electron chi connectivity index (χ1n) is 7.01. The molecule has 1 heterocycles.